The van der Waals surface area contributed by atoms with Crippen molar-refractivity contribution in [2.45, 2.75) is 6.04 Å². The Labute approximate surface area is 147 Å². The van der Waals surface area contributed by atoms with Gasteiger partial charge in [-0.05, 0) is 6.07 Å². The molecule has 0 aliphatic carbocycles. The summed E-state index contributed by atoms with van der Waals surface area (Å²) in [4.78, 5) is 36.5. The van der Waals surface area contributed by atoms with E-state index in [4.69, 9.17) is 0 Å². The summed E-state index contributed by atoms with van der Waals surface area (Å²) in [6.07, 6.45) is 0. The molecule has 0 bridgehead atoms. The molecule has 0 unspecified atom stereocenters. The average molecular weight is 354 g/mol. The molecule has 0 radical (unpaired) electrons. The highest BCUT2D eigenvalue weighted by Crippen LogP contribution is 2.39. The van der Waals surface area contributed by atoms with E-state index in [0.717, 1.165) is 6.07 Å². The van der Waals surface area contributed by atoms with Crippen molar-refractivity contribution in [3.63, 3.8) is 0 Å². The molecule has 1 aliphatic rings. The van der Waals surface area contributed by atoms with Gasteiger partial charge in [0.15, 0.2) is 0 Å². The van der Waals surface area contributed by atoms with Gasteiger partial charge in [0.1, 0.15) is 11.6 Å². The third kappa shape index (κ3) is 2.95. The monoisotopic (exact) mass is 354 g/mol. The van der Waals surface area contributed by atoms with Gasteiger partial charge in [0.25, 0.3) is 11.7 Å². The van der Waals surface area contributed by atoms with E-state index in [-0.39, 0.29) is 16.7 Å². The summed E-state index contributed by atoms with van der Waals surface area (Å²) in [7, 11) is 0. The van der Waals surface area contributed by atoms with Crippen LogP contribution in [0.1, 0.15) is 17.2 Å². The van der Waals surface area contributed by atoms with Crippen LogP contribution in [0.15, 0.2) is 60.2 Å². The highest BCUT2D eigenvalue weighted by Gasteiger charge is 2.46. The maximum atomic E-state index is 14.3. The number of hydrogen-bond acceptors (Lipinski definition) is 5. The van der Waals surface area contributed by atoms with Crippen molar-refractivity contribution in [2.75, 3.05) is 6.54 Å². The number of carboxylic acid groups (broad SMARTS) is 1. The molecule has 132 valence electrons. The minimum absolute atomic E-state index is 0.0922. The first-order valence-electron chi connectivity index (χ1n) is 7.70. The minimum atomic E-state index is -1.60. The molecule has 1 fully saturated rings. The SMILES string of the molecule is O=C([O-])CN1C(=O)C(=O)/C(=C(/O)c2ccccc2)[C@@H]1c1ccccc1F. The first-order chi connectivity index (χ1) is 12.4. The van der Waals surface area contributed by atoms with Crippen LogP contribution in [0.2, 0.25) is 0 Å². The Morgan fingerprint density at radius 2 is 1.69 bits per heavy atom. The Kier molecular flexibility index (Phi) is 4.53. The van der Waals surface area contributed by atoms with Crippen molar-refractivity contribution < 1.29 is 29.0 Å². The number of carbonyl (C=O) groups is 3. The lowest BCUT2D eigenvalue weighted by Crippen LogP contribution is -2.40. The van der Waals surface area contributed by atoms with Gasteiger partial charge in [0.2, 0.25) is 0 Å². The van der Waals surface area contributed by atoms with Crippen LogP contribution in [0.3, 0.4) is 0 Å². The molecule has 6 nitrogen and oxygen atoms in total. The number of aliphatic carboxylic acids is 1. The van der Waals surface area contributed by atoms with E-state index in [1.54, 1.807) is 18.2 Å². The number of nitrogens with zero attached hydrogens (tertiary/aromatic N) is 1. The predicted octanol–water partition coefficient (Wildman–Crippen LogP) is 0.997. The smallest absolute Gasteiger partial charge is 0.295 e. The number of aliphatic hydroxyl groups is 1. The number of aliphatic hydroxyl groups excluding tert-OH is 1. The number of carbonyl (C=O) groups excluding carboxylic acids is 3. The van der Waals surface area contributed by atoms with E-state index >= 15 is 0 Å². The van der Waals surface area contributed by atoms with E-state index < -0.39 is 41.8 Å². The molecule has 3 rings (SSSR count). The van der Waals surface area contributed by atoms with Crippen LogP contribution in [0.25, 0.3) is 5.76 Å². The van der Waals surface area contributed by atoms with Crippen molar-refractivity contribution in [2.24, 2.45) is 0 Å². The van der Waals surface area contributed by atoms with Gasteiger partial charge in [0, 0.05) is 11.1 Å². The molecular weight excluding hydrogens is 341 g/mol. The lowest BCUT2D eigenvalue weighted by molar-refractivity contribution is -0.306. The molecule has 2 aromatic carbocycles. The van der Waals surface area contributed by atoms with E-state index in [2.05, 4.69) is 0 Å². The molecular formula is C19H13FNO5-. The summed E-state index contributed by atoms with van der Waals surface area (Å²) in [5, 5.41) is 21.6. The number of carboxylic acids is 1. The van der Waals surface area contributed by atoms with Gasteiger partial charge in [-0.15, -0.1) is 0 Å². The Hall–Kier alpha value is -3.48. The average Bonchev–Trinajstić information content (AvgIpc) is 2.87. The zero-order valence-corrected chi connectivity index (χ0v) is 13.4. The molecule has 1 saturated heterocycles. The molecule has 1 aliphatic heterocycles. The van der Waals surface area contributed by atoms with Crippen LogP contribution in [-0.4, -0.2) is 34.2 Å². The lowest BCUT2D eigenvalue weighted by Gasteiger charge is -2.25. The molecule has 7 heteroatoms. The van der Waals surface area contributed by atoms with Crippen LogP contribution < -0.4 is 5.11 Å². The number of ketones is 1. The number of halogens is 1. The fourth-order valence-corrected chi connectivity index (χ4v) is 2.95. The molecule has 1 amide bonds. The topological polar surface area (TPSA) is 97.7 Å². The second kappa shape index (κ2) is 6.79. The van der Waals surface area contributed by atoms with Crippen molar-refractivity contribution in [3.05, 3.63) is 77.1 Å². The van der Waals surface area contributed by atoms with Gasteiger partial charge >= 0.3 is 0 Å². The summed E-state index contributed by atoms with van der Waals surface area (Å²) in [6, 6.07) is 11.9. The van der Waals surface area contributed by atoms with Gasteiger partial charge in [-0.3, -0.25) is 9.59 Å². The molecule has 1 atom stereocenters. The standard InChI is InChI=1S/C19H14FNO5/c20-13-9-5-4-8-12(13)16-15(17(24)11-6-2-1-3-7-11)18(25)19(26)21(16)10-14(22)23/h1-9,16,24H,10H2,(H,22,23)/p-1/b17-15+/t16-/m0/s1. The first kappa shape index (κ1) is 17.3. The molecule has 0 saturated carbocycles. The Morgan fingerprint density at radius 3 is 2.31 bits per heavy atom. The highest BCUT2D eigenvalue weighted by molar-refractivity contribution is 6.46. The first-order valence-corrected chi connectivity index (χ1v) is 7.70. The number of hydrogen-bond donors (Lipinski definition) is 1. The van der Waals surface area contributed by atoms with E-state index in [0.29, 0.717) is 4.90 Å². The van der Waals surface area contributed by atoms with Crippen molar-refractivity contribution >= 4 is 23.4 Å². The van der Waals surface area contributed by atoms with Crippen LogP contribution in [0.5, 0.6) is 0 Å². The van der Waals surface area contributed by atoms with E-state index in [1.807, 2.05) is 0 Å². The molecule has 1 N–H and O–H groups in total. The number of Topliss-reactive ketones (excluding diaryl/α,β-unsaturated/α-hetero) is 1. The van der Waals surface area contributed by atoms with Gasteiger partial charge in [-0.25, -0.2) is 4.39 Å². The maximum Gasteiger partial charge on any atom is 0.295 e. The van der Waals surface area contributed by atoms with Crippen LogP contribution >= 0.6 is 0 Å². The van der Waals surface area contributed by atoms with Gasteiger partial charge < -0.3 is 19.9 Å². The number of benzene rings is 2. The number of amides is 1. The van der Waals surface area contributed by atoms with Crippen LogP contribution in [-0.2, 0) is 14.4 Å². The van der Waals surface area contributed by atoms with Crippen molar-refractivity contribution in [3.8, 4) is 0 Å². The van der Waals surface area contributed by atoms with Gasteiger partial charge in [0.05, 0.1) is 24.1 Å². The van der Waals surface area contributed by atoms with E-state index in [1.165, 1.54) is 30.3 Å². The molecule has 0 aromatic heterocycles. The third-order valence-electron chi connectivity index (χ3n) is 4.09. The van der Waals surface area contributed by atoms with E-state index in [9.17, 15) is 29.0 Å². The maximum absolute atomic E-state index is 14.3. The fourth-order valence-electron chi connectivity index (χ4n) is 2.95. The Morgan fingerprint density at radius 1 is 1.08 bits per heavy atom. The van der Waals surface area contributed by atoms with Crippen LogP contribution in [0.4, 0.5) is 4.39 Å². The van der Waals surface area contributed by atoms with Gasteiger partial charge in [-0.2, -0.15) is 0 Å². The quantitative estimate of drug-likeness (QED) is 0.502. The second-order valence-corrected chi connectivity index (χ2v) is 5.69. The zero-order chi connectivity index (χ0) is 18.8. The molecule has 0 spiro atoms. The minimum Gasteiger partial charge on any atom is -0.548 e. The second-order valence-electron chi connectivity index (χ2n) is 5.69. The molecule has 1 heterocycles. The lowest BCUT2D eigenvalue weighted by atomic mass is 9.95. The highest BCUT2D eigenvalue weighted by atomic mass is 19.1. The predicted molar refractivity (Wildman–Crippen MR) is 86.9 cm³/mol. The Balaban J connectivity index is 2.24. The number of likely N-dealkylation sites (tertiary alicyclic amines) is 1. The normalized spacial score (nSPS) is 19.0. The zero-order valence-electron chi connectivity index (χ0n) is 13.4. The fraction of sp³-hybridized carbons (Fsp3) is 0.105. The molecule has 26 heavy (non-hydrogen) atoms. The third-order valence-corrected chi connectivity index (χ3v) is 4.09. The number of rotatable bonds is 4. The molecule has 2 aromatic rings. The van der Waals surface area contributed by atoms with Gasteiger partial charge in [-0.1, -0.05) is 48.5 Å². The summed E-state index contributed by atoms with van der Waals surface area (Å²) >= 11 is 0. The summed E-state index contributed by atoms with van der Waals surface area (Å²) in [6.45, 7) is -0.908. The largest absolute Gasteiger partial charge is 0.548 e. The van der Waals surface area contributed by atoms with Crippen molar-refractivity contribution in [1.29, 1.82) is 0 Å². The summed E-state index contributed by atoms with van der Waals surface area (Å²) in [5.41, 5.74) is -0.210. The van der Waals surface area contributed by atoms with Crippen molar-refractivity contribution in [1.82, 2.24) is 4.90 Å². The van der Waals surface area contributed by atoms with Crippen LogP contribution in [0, 0.1) is 5.82 Å². The summed E-state index contributed by atoms with van der Waals surface area (Å²) in [5.74, 6) is -5.06. The Bertz CT molecular complexity index is 923. The summed E-state index contributed by atoms with van der Waals surface area (Å²) < 4.78 is 14.3.